The maximum absolute atomic E-state index is 11.4. The number of aromatic nitrogens is 2. The fourth-order valence-corrected chi connectivity index (χ4v) is 2.28. The topological polar surface area (TPSA) is 120 Å². The average molecular weight is 284 g/mol. The molecule has 0 aromatic carbocycles. The number of rotatable bonds is 4. The second-order valence-corrected chi connectivity index (χ2v) is 5.10. The van der Waals surface area contributed by atoms with Crippen LogP contribution in [0.1, 0.15) is 12.6 Å². The van der Waals surface area contributed by atoms with Crippen LogP contribution < -0.4 is 5.32 Å². The van der Waals surface area contributed by atoms with Crippen LogP contribution in [0.2, 0.25) is 0 Å². The largest absolute Gasteiger partial charge is 0.481 e. The van der Waals surface area contributed by atoms with Crippen LogP contribution >= 0.6 is 0 Å². The minimum absolute atomic E-state index is 0.0601. The molecule has 1 aromatic heterocycles. The van der Waals surface area contributed by atoms with Crippen molar-refractivity contribution >= 4 is 17.5 Å². The second kappa shape index (κ2) is 4.75. The molecule has 1 aromatic rings. The molecule has 1 aliphatic heterocycles. The van der Waals surface area contributed by atoms with Crippen LogP contribution in [0.5, 0.6) is 0 Å². The van der Waals surface area contributed by atoms with E-state index >= 15 is 0 Å². The summed E-state index contributed by atoms with van der Waals surface area (Å²) in [6.07, 6.45) is 0. The second-order valence-electron chi connectivity index (χ2n) is 5.10. The molecular weight excluding hydrogens is 268 g/mol. The third-order valence-electron chi connectivity index (χ3n) is 3.63. The average Bonchev–Trinajstić information content (AvgIpc) is 2.82. The molecule has 2 atom stereocenters. The van der Waals surface area contributed by atoms with Crippen LogP contribution in [-0.4, -0.2) is 45.0 Å². The van der Waals surface area contributed by atoms with E-state index in [1.165, 1.54) is 11.6 Å². The highest BCUT2D eigenvalue weighted by molar-refractivity contribution is 5.77. The molecule has 0 amide bonds. The van der Waals surface area contributed by atoms with Gasteiger partial charge in [-0.05, 0) is 13.8 Å². The molecule has 9 heteroatoms. The Morgan fingerprint density at radius 2 is 2.35 bits per heavy atom. The quantitative estimate of drug-likeness (QED) is 0.611. The van der Waals surface area contributed by atoms with Gasteiger partial charge >= 0.3 is 11.7 Å². The number of nitro groups is 1. The zero-order valence-corrected chi connectivity index (χ0v) is 11.4. The van der Waals surface area contributed by atoms with E-state index in [0.717, 1.165) is 0 Å². The summed E-state index contributed by atoms with van der Waals surface area (Å²) in [4.78, 5) is 21.9. The Labute approximate surface area is 114 Å². The van der Waals surface area contributed by atoms with Gasteiger partial charge in [0.15, 0.2) is 0 Å². The van der Waals surface area contributed by atoms with Crippen LogP contribution in [0.3, 0.4) is 0 Å². The first kappa shape index (κ1) is 14.3. The van der Waals surface area contributed by atoms with Crippen LogP contribution in [0, 0.1) is 22.5 Å². The van der Waals surface area contributed by atoms with Crippen LogP contribution in [0.4, 0.5) is 11.5 Å². The number of nitrogens with one attached hydrogen (secondary N) is 1. The number of aliphatic carboxylic acids is 1. The van der Waals surface area contributed by atoms with Crippen molar-refractivity contribution in [3.8, 4) is 0 Å². The Kier molecular flexibility index (Phi) is 3.38. The number of aryl methyl sites for hydroxylation is 2. The van der Waals surface area contributed by atoms with Crippen molar-refractivity contribution in [3.05, 3.63) is 15.8 Å². The Hall–Kier alpha value is -2.16. The Balaban J connectivity index is 2.35. The van der Waals surface area contributed by atoms with E-state index < -0.39 is 22.3 Å². The molecular formula is C11H16N4O5. The van der Waals surface area contributed by atoms with Gasteiger partial charge in [0, 0.05) is 7.05 Å². The maximum Gasteiger partial charge on any atom is 0.333 e. The van der Waals surface area contributed by atoms with E-state index in [4.69, 9.17) is 4.74 Å². The van der Waals surface area contributed by atoms with Gasteiger partial charge < -0.3 is 15.2 Å². The molecule has 0 bridgehead atoms. The number of carboxylic acid groups (broad SMARTS) is 1. The van der Waals surface area contributed by atoms with Crippen LogP contribution in [0.25, 0.3) is 0 Å². The zero-order chi connectivity index (χ0) is 15.1. The molecule has 0 spiro atoms. The van der Waals surface area contributed by atoms with E-state index in [0.29, 0.717) is 0 Å². The van der Waals surface area contributed by atoms with E-state index in [1.807, 2.05) is 0 Å². The Bertz CT molecular complexity index is 569. The Morgan fingerprint density at radius 1 is 1.70 bits per heavy atom. The molecule has 0 aliphatic carbocycles. The van der Waals surface area contributed by atoms with E-state index in [2.05, 4.69) is 10.4 Å². The maximum atomic E-state index is 11.4. The lowest BCUT2D eigenvalue weighted by molar-refractivity contribution is -0.384. The fourth-order valence-electron chi connectivity index (χ4n) is 2.28. The summed E-state index contributed by atoms with van der Waals surface area (Å²) in [6.45, 7) is 3.31. The summed E-state index contributed by atoms with van der Waals surface area (Å²) in [6, 6.07) is -0.562. The van der Waals surface area contributed by atoms with Gasteiger partial charge in [-0.1, -0.05) is 0 Å². The molecule has 2 unspecified atom stereocenters. The van der Waals surface area contributed by atoms with Gasteiger partial charge in [-0.25, -0.2) is 4.68 Å². The smallest absolute Gasteiger partial charge is 0.333 e. The molecule has 9 nitrogen and oxygen atoms in total. The minimum Gasteiger partial charge on any atom is -0.481 e. The van der Waals surface area contributed by atoms with Gasteiger partial charge in [-0.15, -0.1) is 0 Å². The van der Waals surface area contributed by atoms with Gasteiger partial charge in [-0.2, -0.15) is 5.10 Å². The van der Waals surface area contributed by atoms with Crippen molar-refractivity contribution in [1.82, 2.24) is 9.78 Å². The van der Waals surface area contributed by atoms with E-state index in [1.54, 1.807) is 14.0 Å². The molecule has 1 aliphatic rings. The standard InChI is InChI=1S/C11H16N4O5/c1-6-8(15(18)19)9(14(3)13-6)12-7-4-20-5-11(7,2)10(16)17/h7,12H,4-5H2,1-3H3,(H,16,17). The summed E-state index contributed by atoms with van der Waals surface area (Å²) in [7, 11) is 1.57. The van der Waals surface area contributed by atoms with E-state index in [9.17, 15) is 20.0 Å². The molecule has 110 valence electrons. The first-order chi connectivity index (χ1) is 9.27. The molecule has 0 saturated carbocycles. The summed E-state index contributed by atoms with van der Waals surface area (Å²) < 4.78 is 6.55. The van der Waals surface area contributed by atoms with Crippen molar-refractivity contribution < 1.29 is 19.6 Å². The number of nitrogens with zero attached hydrogens (tertiary/aromatic N) is 3. The minimum atomic E-state index is -1.13. The molecule has 2 N–H and O–H groups in total. The van der Waals surface area contributed by atoms with Crippen molar-refractivity contribution in [1.29, 1.82) is 0 Å². The number of anilines is 1. The molecule has 1 saturated heterocycles. The molecule has 0 radical (unpaired) electrons. The normalized spacial score (nSPS) is 25.6. The van der Waals surface area contributed by atoms with Gasteiger partial charge in [0.2, 0.25) is 5.82 Å². The summed E-state index contributed by atoms with van der Waals surface area (Å²) >= 11 is 0. The first-order valence-corrected chi connectivity index (χ1v) is 6.03. The third-order valence-corrected chi connectivity index (χ3v) is 3.63. The van der Waals surface area contributed by atoms with Gasteiger partial charge in [0.05, 0.1) is 24.2 Å². The Morgan fingerprint density at radius 3 is 2.90 bits per heavy atom. The summed E-state index contributed by atoms with van der Waals surface area (Å²) in [5, 5.41) is 27.3. The monoisotopic (exact) mass is 284 g/mol. The summed E-state index contributed by atoms with van der Waals surface area (Å²) in [5.74, 6) is -0.815. The number of hydrogen-bond acceptors (Lipinski definition) is 6. The van der Waals surface area contributed by atoms with Gasteiger partial charge in [-0.3, -0.25) is 14.9 Å². The summed E-state index contributed by atoms with van der Waals surface area (Å²) in [5.41, 5.74) is -1.01. The molecule has 2 heterocycles. The van der Waals surface area contributed by atoms with Crippen molar-refractivity contribution in [3.63, 3.8) is 0 Å². The predicted molar refractivity (Wildman–Crippen MR) is 68.6 cm³/mol. The molecule has 1 fully saturated rings. The van der Waals surface area contributed by atoms with Crippen molar-refractivity contribution in [2.45, 2.75) is 19.9 Å². The van der Waals surface area contributed by atoms with Crippen LogP contribution in [0.15, 0.2) is 0 Å². The lowest BCUT2D eigenvalue weighted by atomic mass is 9.85. The number of ether oxygens (including phenoxy) is 1. The van der Waals surface area contributed by atoms with Gasteiger partial charge in [0.1, 0.15) is 11.1 Å². The highest BCUT2D eigenvalue weighted by Gasteiger charge is 2.47. The molecule has 20 heavy (non-hydrogen) atoms. The zero-order valence-electron chi connectivity index (χ0n) is 11.4. The highest BCUT2D eigenvalue weighted by Crippen LogP contribution is 2.34. The van der Waals surface area contributed by atoms with Crippen LogP contribution in [-0.2, 0) is 16.6 Å². The molecule has 2 rings (SSSR count). The number of carboxylic acids is 1. The SMILES string of the molecule is Cc1nn(C)c(NC2COCC2(C)C(=O)O)c1[N+](=O)[O-]. The van der Waals surface area contributed by atoms with Crippen molar-refractivity contribution in [2.24, 2.45) is 12.5 Å². The predicted octanol–water partition coefficient (Wildman–Crippen LogP) is 0.538. The number of hydrogen-bond donors (Lipinski definition) is 2. The third kappa shape index (κ3) is 2.09. The lowest BCUT2D eigenvalue weighted by Crippen LogP contribution is -2.43. The van der Waals surface area contributed by atoms with Crippen molar-refractivity contribution in [2.75, 3.05) is 18.5 Å². The first-order valence-electron chi connectivity index (χ1n) is 6.03. The lowest BCUT2D eigenvalue weighted by Gasteiger charge is -2.25. The highest BCUT2D eigenvalue weighted by atomic mass is 16.6. The fraction of sp³-hybridized carbons (Fsp3) is 0.636. The number of carbonyl (C=O) groups is 1. The van der Waals surface area contributed by atoms with Gasteiger partial charge in [0.25, 0.3) is 0 Å². The van der Waals surface area contributed by atoms with E-state index in [-0.39, 0.29) is 30.4 Å².